The number of nitro groups is 1. The zero-order chi connectivity index (χ0) is 18.7. The Bertz CT molecular complexity index is 857. The maximum absolute atomic E-state index is 12.3. The SMILES string of the molecule is CCn1c(C)cc(C(=O)COC(=O)c2cc([N+](=O)[O-])ccc2Cl)c1C. The second-order valence-corrected chi connectivity index (χ2v) is 5.86. The van der Waals surface area contributed by atoms with Crippen LogP contribution >= 0.6 is 11.6 Å². The van der Waals surface area contributed by atoms with Gasteiger partial charge in [-0.25, -0.2) is 4.79 Å². The van der Waals surface area contributed by atoms with E-state index in [2.05, 4.69) is 0 Å². The number of hydrogen-bond acceptors (Lipinski definition) is 5. The fourth-order valence-corrected chi connectivity index (χ4v) is 2.83. The average Bonchev–Trinajstić information content (AvgIpc) is 2.86. The van der Waals surface area contributed by atoms with Crippen LogP contribution in [-0.2, 0) is 11.3 Å². The smallest absolute Gasteiger partial charge is 0.340 e. The van der Waals surface area contributed by atoms with E-state index in [0.717, 1.165) is 24.0 Å². The Hall–Kier alpha value is -2.67. The molecule has 0 aliphatic rings. The van der Waals surface area contributed by atoms with Gasteiger partial charge in [-0.2, -0.15) is 0 Å². The molecule has 0 unspecified atom stereocenters. The number of nitro benzene ring substituents is 1. The zero-order valence-electron chi connectivity index (χ0n) is 14.0. The first-order chi connectivity index (χ1) is 11.8. The minimum Gasteiger partial charge on any atom is -0.454 e. The summed E-state index contributed by atoms with van der Waals surface area (Å²) in [4.78, 5) is 34.6. The predicted octanol–water partition coefficient (Wildman–Crippen LogP) is 3.73. The highest BCUT2D eigenvalue weighted by atomic mass is 35.5. The van der Waals surface area contributed by atoms with Gasteiger partial charge in [0.2, 0.25) is 5.78 Å². The van der Waals surface area contributed by atoms with E-state index < -0.39 is 17.5 Å². The van der Waals surface area contributed by atoms with Crippen molar-refractivity contribution in [2.24, 2.45) is 0 Å². The maximum Gasteiger partial charge on any atom is 0.340 e. The van der Waals surface area contributed by atoms with Gasteiger partial charge in [-0.3, -0.25) is 14.9 Å². The summed E-state index contributed by atoms with van der Waals surface area (Å²) in [5.41, 5.74) is 1.79. The van der Waals surface area contributed by atoms with Gasteiger partial charge in [0.05, 0.1) is 15.5 Å². The minimum atomic E-state index is -0.883. The molecule has 1 aromatic carbocycles. The molecule has 0 bridgehead atoms. The Balaban J connectivity index is 2.14. The molecule has 25 heavy (non-hydrogen) atoms. The van der Waals surface area contributed by atoms with Crippen LogP contribution in [0.5, 0.6) is 0 Å². The van der Waals surface area contributed by atoms with Crippen LogP contribution in [0.4, 0.5) is 5.69 Å². The van der Waals surface area contributed by atoms with Crippen LogP contribution in [0.3, 0.4) is 0 Å². The second kappa shape index (κ2) is 7.48. The number of aryl methyl sites for hydroxylation is 1. The van der Waals surface area contributed by atoms with E-state index in [-0.39, 0.29) is 22.1 Å². The van der Waals surface area contributed by atoms with Gasteiger partial charge in [-0.05, 0) is 32.9 Å². The van der Waals surface area contributed by atoms with Crippen molar-refractivity contribution in [1.82, 2.24) is 4.57 Å². The molecule has 0 fully saturated rings. The molecule has 0 aliphatic carbocycles. The van der Waals surface area contributed by atoms with Crippen LogP contribution in [0.25, 0.3) is 0 Å². The molecule has 1 aromatic heterocycles. The van der Waals surface area contributed by atoms with Crippen molar-refractivity contribution in [2.75, 3.05) is 6.61 Å². The first kappa shape index (κ1) is 18.7. The molecule has 0 radical (unpaired) electrons. The van der Waals surface area contributed by atoms with Crippen molar-refractivity contribution in [3.8, 4) is 0 Å². The first-order valence-corrected chi connectivity index (χ1v) is 7.95. The minimum absolute atomic E-state index is 0.0206. The van der Waals surface area contributed by atoms with Crippen LogP contribution in [-0.4, -0.2) is 27.8 Å². The fourth-order valence-electron chi connectivity index (χ4n) is 2.64. The molecule has 8 heteroatoms. The number of carbonyl (C=O) groups is 2. The fraction of sp³-hybridized carbons (Fsp3) is 0.294. The number of non-ortho nitro benzene ring substituents is 1. The zero-order valence-corrected chi connectivity index (χ0v) is 14.8. The van der Waals surface area contributed by atoms with Crippen molar-refractivity contribution in [2.45, 2.75) is 27.3 Å². The lowest BCUT2D eigenvalue weighted by molar-refractivity contribution is -0.384. The van der Waals surface area contributed by atoms with Gasteiger partial charge in [0.1, 0.15) is 0 Å². The standard InChI is InChI=1S/C17H17ClN2O5/c1-4-19-10(2)7-13(11(19)3)16(21)9-25-17(22)14-8-12(20(23)24)5-6-15(14)18/h5-8H,4,9H2,1-3H3. The highest BCUT2D eigenvalue weighted by molar-refractivity contribution is 6.33. The van der Waals surface area contributed by atoms with E-state index in [1.165, 1.54) is 12.1 Å². The Morgan fingerprint density at radius 1 is 1.24 bits per heavy atom. The number of nitrogens with zero attached hydrogens (tertiary/aromatic N) is 2. The molecule has 0 saturated carbocycles. The number of aromatic nitrogens is 1. The second-order valence-electron chi connectivity index (χ2n) is 5.45. The predicted molar refractivity (Wildman–Crippen MR) is 92.3 cm³/mol. The van der Waals surface area contributed by atoms with Gasteiger partial charge in [0, 0.05) is 35.6 Å². The largest absolute Gasteiger partial charge is 0.454 e. The van der Waals surface area contributed by atoms with Crippen LogP contribution in [0.1, 0.15) is 39.0 Å². The summed E-state index contributed by atoms with van der Waals surface area (Å²) in [5.74, 6) is -1.23. The van der Waals surface area contributed by atoms with E-state index in [0.29, 0.717) is 5.56 Å². The normalized spacial score (nSPS) is 10.6. The topological polar surface area (TPSA) is 91.4 Å². The molecule has 0 saturated heterocycles. The molecule has 132 valence electrons. The lowest BCUT2D eigenvalue weighted by Crippen LogP contribution is -2.15. The Kier molecular flexibility index (Phi) is 5.58. The summed E-state index contributed by atoms with van der Waals surface area (Å²) in [6.45, 7) is 5.95. The number of hydrogen-bond donors (Lipinski definition) is 0. The molecule has 0 spiro atoms. The molecule has 0 amide bonds. The molecule has 2 aromatic rings. The molecule has 7 nitrogen and oxygen atoms in total. The highest BCUT2D eigenvalue weighted by Gasteiger charge is 2.20. The summed E-state index contributed by atoms with van der Waals surface area (Å²) in [6, 6.07) is 5.20. The molecule has 0 aliphatic heterocycles. The number of carbonyl (C=O) groups excluding carboxylic acids is 2. The molecule has 2 rings (SSSR count). The van der Waals surface area contributed by atoms with Gasteiger partial charge < -0.3 is 9.30 Å². The van der Waals surface area contributed by atoms with Gasteiger partial charge in [-0.1, -0.05) is 11.6 Å². The number of Topliss-reactive ketones (excluding diaryl/α,β-unsaturated/α-hetero) is 1. The van der Waals surface area contributed by atoms with Crippen LogP contribution in [0, 0.1) is 24.0 Å². The lowest BCUT2D eigenvalue weighted by Gasteiger charge is -2.07. The maximum atomic E-state index is 12.3. The monoisotopic (exact) mass is 364 g/mol. The Morgan fingerprint density at radius 2 is 1.92 bits per heavy atom. The van der Waals surface area contributed by atoms with E-state index in [1.54, 1.807) is 6.07 Å². The molecule has 1 heterocycles. The van der Waals surface area contributed by atoms with E-state index in [4.69, 9.17) is 16.3 Å². The number of halogens is 1. The number of ketones is 1. The molecule has 0 N–H and O–H groups in total. The number of esters is 1. The summed E-state index contributed by atoms with van der Waals surface area (Å²) in [7, 11) is 0. The number of ether oxygens (including phenoxy) is 1. The van der Waals surface area contributed by atoms with Gasteiger partial charge in [0.15, 0.2) is 6.61 Å². The van der Waals surface area contributed by atoms with Crippen molar-refractivity contribution in [3.05, 3.63) is 61.9 Å². The van der Waals surface area contributed by atoms with Gasteiger partial charge in [-0.15, -0.1) is 0 Å². The number of benzene rings is 1. The van der Waals surface area contributed by atoms with Crippen molar-refractivity contribution < 1.29 is 19.2 Å². The molecular formula is C17H17ClN2O5. The van der Waals surface area contributed by atoms with Crippen molar-refractivity contribution in [3.63, 3.8) is 0 Å². The third-order valence-corrected chi connectivity index (χ3v) is 4.23. The summed E-state index contributed by atoms with van der Waals surface area (Å²) < 4.78 is 6.97. The van der Waals surface area contributed by atoms with Crippen LogP contribution < -0.4 is 0 Å². The van der Waals surface area contributed by atoms with Crippen LogP contribution in [0.2, 0.25) is 5.02 Å². The van der Waals surface area contributed by atoms with E-state index in [9.17, 15) is 19.7 Å². The summed E-state index contributed by atoms with van der Waals surface area (Å²) in [6.07, 6.45) is 0. The lowest BCUT2D eigenvalue weighted by atomic mass is 10.1. The Morgan fingerprint density at radius 3 is 2.48 bits per heavy atom. The average molecular weight is 365 g/mol. The van der Waals surface area contributed by atoms with Gasteiger partial charge in [0.25, 0.3) is 5.69 Å². The van der Waals surface area contributed by atoms with E-state index >= 15 is 0 Å². The molecular weight excluding hydrogens is 348 g/mol. The van der Waals surface area contributed by atoms with Crippen molar-refractivity contribution in [1.29, 1.82) is 0 Å². The number of rotatable bonds is 6. The summed E-state index contributed by atoms with van der Waals surface area (Å²) in [5, 5.41) is 10.8. The quantitative estimate of drug-likeness (QED) is 0.337. The Labute approximate surface area is 149 Å². The molecule has 0 atom stereocenters. The third-order valence-electron chi connectivity index (χ3n) is 3.91. The van der Waals surface area contributed by atoms with Crippen molar-refractivity contribution >= 4 is 29.0 Å². The first-order valence-electron chi connectivity index (χ1n) is 7.57. The summed E-state index contributed by atoms with van der Waals surface area (Å²) >= 11 is 5.88. The van der Waals surface area contributed by atoms with E-state index in [1.807, 2.05) is 25.3 Å². The highest BCUT2D eigenvalue weighted by Crippen LogP contribution is 2.23. The third kappa shape index (κ3) is 3.88. The van der Waals surface area contributed by atoms with Gasteiger partial charge >= 0.3 is 5.97 Å². The van der Waals surface area contributed by atoms with Crippen LogP contribution in [0.15, 0.2) is 24.3 Å².